The summed E-state index contributed by atoms with van der Waals surface area (Å²) in [5.74, 6) is -0.0341. The highest BCUT2D eigenvalue weighted by Gasteiger charge is 2.22. The predicted octanol–water partition coefficient (Wildman–Crippen LogP) is 8.53. The molecule has 47 heavy (non-hydrogen) atoms. The van der Waals surface area contributed by atoms with Crippen LogP contribution in [-0.4, -0.2) is 35.7 Å². The van der Waals surface area contributed by atoms with Crippen molar-refractivity contribution in [3.05, 3.63) is 72.3 Å². The monoisotopic (exact) mass is 701 g/mol. The van der Waals surface area contributed by atoms with E-state index >= 15 is 0 Å². The van der Waals surface area contributed by atoms with Crippen LogP contribution in [0, 0.1) is 6.92 Å². The van der Waals surface area contributed by atoms with E-state index in [-0.39, 0.29) is 44.5 Å². The van der Waals surface area contributed by atoms with Gasteiger partial charge in [0.2, 0.25) is 0 Å². The van der Waals surface area contributed by atoms with Crippen LogP contribution in [0.2, 0.25) is 0 Å². The summed E-state index contributed by atoms with van der Waals surface area (Å²) < 4.78 is 49.5. The van der Waals surface area contributed by atoms with E-state index in [1.165, 1.54) is 31.4 Å². The normalized spacial score (nSPS) is 12.2. The van der Waals surface area contributed by atoms with Crippen LogP contribution in [0.4, 0.5) is 28.4 Å². The number of benzene rings is 5. The molecule has 0 fully saturated rings. The number of fused-ring (bicyclic) bond motifs is 2. The van der Waals surface area contributed by atoms with Crippen molar-refractivity contribution >= 4 is 84.2 Å². The van der Waals surface area contributed by atoms with Gasteiger partial charge in [0.1, 0.15) is 27.7 Å². The van der Waals surface area contributed by atoms with Crippen molar-refractivity contribution in [3.8, 4) is 11.5 Å². The molecule has 0 unspecified atom stereocenters. The molecule has 16 nitrogen and oxygen atoms in total. The number of phenols is 1. The standard InChI is InChI=1S/C28H23N5O11S3/c1-14-10-22(32-33-26-25(46-44-42-36)12-15-11-16(29)6-7-17(15)27(26)34)23(40-2)13-21(14)31-30-20-9-8-18-19(28(20)47(37,38)39)4-3-5-24(18)45-43-41-35/h3-13,34-36H,29H2,1-2H3,(H,37,38,39). The fraction of sp³-hybridized carbons (Fsp3) is 0.0714. The topological polar surface area (TPSA) is 237 Å². The maximum atomic E-state index is 12.5. The zero-order valence-electron chi connectivity index (χ0n) is 24.1. The van der Waals surface area contributed by atoms with Crippen molar-refractivity contribution in [1.82, 2.24) is 0 Å². The van der Waals surface area contributed by atoms with Crippen LogP contribution in [0.1, 0.15) is 5.56 Å². The van der Waals surface area contributed by atoms with E-state index in [2.05, 4.69) is 39.2 Å². The van der Waals surface area contributed by atoms with E-state index in [4.69, 9.17) is 21.0 Å². The Kier molecular flexibility index (Phi) is 10.5. The second kappa shape index (κ2) is 14.6. The van der Waals surface area contributed by atoms with E-state index in [1.807, 2.05) is 0 Å². The number of anilines is 1. The van der Waals surface area contributed by atoms with Gasteiger partial charge in [0.05, 0.1) is 41.8 Å². The Morgan fingerprint density at radius 3 is 2.15 bits per heavy atom. The average Bonchev–Trinajstić information content (AvgIpc) is 3.04. The van der Waals surface area contributed by atoms with Gasteiger partial charge in [-0.3, -0.25) is 4.55 Å². The van der Waals surface area contributed by atoms with Crippen molar-refractivity contribution < 1.29 is 52.1 Å². The molecule has 0 spiro atoms. The molecule has 5 aromatic rings. The minimum absolute atomic E-state index is 0.00107. The average molecular weight is 702 g/mol. The van der Waals surface area contributed by atoms with Crippen molar-refractivity contribution in [2.75, 3.05) is 12.8 Å². The minimum Gasteiger partial charge on any atom is -0.505 e. The summed E-state index contributed by atoms with van der Waals surface area (Å²) in [6.45, 7) is 1.69. The van der Waals surface area contributed by atoms with Gasteiger partial charge in [0.25, 0.3) is 10.1 Å². The molecule has 5 aromatic carbocycles. The lowest BCUT2D eigenvalue weighted by Gasteiger charge is -2.11. The first-order valence-corrected chi connectivity index (χ1v) is 15.9. The van der Waals surface area contributed by atoms with Gasteiger partial charge in [-0.15, -0.1) is 24.0 Å². The predicted molar refractivity (Wildman–Crippen MR) is 171 cm³/mol. The molecular weight excluding hydrogens is 679 g/mol. The van der Waals surface area contributed by atoms with Crippen LogP contribution < -0.4 is 10.5 Å². The molecular formula is C28H23N5O11S3. The van der Waals surface area contributed by atoms with E-state index in [9.17, 15) is 18.1 Å². The highest BCUT2D eigenvalue weighted by atomic mass is 32.2. The molecule has 0 aliphatic rings. The summed E-state index contributed by atoms with van der Waals surface area (Å²) >= 11 is 1.20. The van der Waals surface area contributed by atoms with Crippen molar-refractivity contribution in [2.24, 2.45) is 20.5 Å². The maximum Gasteiger partial charge on any atom is 0.297 e. The Morgan fingerprint density at radius 2 is 1.45 bits per heavy atom. The third kappa shape index (κ3) is 7.44. The van der Waals surface area contributed by atoms with Crippen molar-refractivity contribution in [2.45, 2.75) is 21.6 Å². The largest absolute Gasteiger partial charge is 0.505 e. The maximum absolute atomic E-state index is 12.5. The number of hydrogen-bond acceptors (Lipinski definition) is 17. The van der Waals surface area contributed by atoms with Gasteiger partial charge < -0.3 is 15.6 Å². The summed E-state index contributed by atoms with van der Waals surface area (Å²) in [6.07, 6.45) is 0. The van der Waals surface area contributed by atoms with Crippen LogP contribution in [0.25, 0.3) is 21.5 Å². The Bertz CT molecular complexity index is 2150. The number of ether oxygens (including phenoxy) is 1. The summed E-state index contributed by atoms with van der Waals surface area (Å²) in [4.78, 5) is 0.129. The second-order valence-corrected chi connectivity index (χ2v) is 12.3. The molecule has 0 aromatic heterocycles. The number of phenolic OH excluding ortho intramolecular Hbond substituents is 1. The number of rotatable bonds is 12. The highest BCUT2D eigenvalue weighted by molar-refractivity contribution is 7.95. The fourth-order valence-electron chi connectivity index (χ4n) is 4.57. The molecule has 5 rings (SSSR count). The molecule has 0 heterocycles. The molecule has 19 heteroatoms. The lowest BCUT2D eigenvalue weighted by atomic mass is 10.1. The molecule has 0 aliphatic heterocycles. The molecule has 0 saturated carbocycles. The molecule has 244 valence electrons. The Labute approximate surface area is 274 Å². The first kappa shape index (κ1) is 33.9. The highest BCUT2D eigenvalue weighted by Crippen LogP contribution is 2.45. The molecule has 0 saturated heterocycles. The quantitative estimate of drug-likeness (QED) is 0.0205. The fourth-order valence-corrected chi connectivity index (χ4v) is 6.40. The number of methoxy groups -OCH3 is 1. The number of aryl methyl sites for hydroxylation is 1. The molecule has 6 N–H and O–H groups in total. The number of azo groups is 2. The van der Waals surface area contributed by atoms with Gasteiger partial charge in [0.15, 0.2) is 5.75 Å². The minimum atomic E-state index is -4.79. The van der Waals surface area contributed by atoms with Gasteiger partial charge in [-0.25, -0.2) is 10.5 Å². The first-order chi connectivity index (χ1) is 22.5. The van der Waals surface area contributed by atoms with Gasteiger partial charge in [-0.1, -0.05) is 28.3 Å². The van der Waals surface area contributed by atoms with E-state index < -0.39 is 15.0 Å². The summed E-state index contributed by atoms with van der Waals surface area (Å²) in [7, 11) is -3.40. The van der Waals surface area contributed by atoms with Gasteiger partial charge in [-0.2, -0.15) is 13.5 Å². The van der Waals surface area contributed by atoms with Crippen LogP contribution >= 0.6 is 24.1 Å². The molecule has 0 atom stereocenters. The Morgan fingerprint density at radius 1 is 0.766 bits per heavy atom. The SMILES string of the molecule is COc1cc(N=Nc2ccc3c(SOOO)cccc3c2S(=O)(=O)O)c(C)cc1N=Nc1c(SOOO)cc2cc(N)ccc2c1O. The van der Waals surface area contributed by atoms with Crippen LogP contribution in [-0.2, 0) is 28.9 Å². The van der Waals surface area contributed by atoms with Crippen LogP contribution in [0.3, 0.4) is 0 Å². The van der Waals surface area contributed by atoms with Crippen molar-refractivity contribution in [1.29, 1.82) is 0 Å². The van der Waals surface area contributed by atoms with Crippen LogP contribution in [0.15, 0.2) is 102 Å². The Hall–Kier alpha value is -4.41. The lowest BCUT2D eigenvalue weighted by Crippen LogP contribution is -2.00. The molecule has 0 radical (unpaired) electrons. The number of hydrogen-bond donors (Lipinski definition) is 5. The molecule has 0 amide bonds. The first-order valence-electron chi connectivity index (χ1n) is 13.0. The number of nitrogen functional groups attached to an aromatic ring is 1. The van der Waals surface area contributed by atoms with Crippen LogP contribution in [0.5, 0.6) is 11.5 Å². The third-order valence-corrected chi connectivity index (χ3v) is 8.84. The molecule has 0 aliphatic carbocycles. The second-order valence-electron chi connectivity index (χ2n) is 9.46. The smallest absolute Gasteiger partial charge is 0.297 e. The van der Waals surface area contributed by atoms with Gasteiger partial charge in [-0.05, 0) is 65.7 Å². The lowest BCUT2D eigenvalue weighted by molar-refractivity contribution is -0.432. The summed E-state index contributed by atoms with van der Waals surface area (Å²) in [6, 6.07) is 17.0. The molecule has 0 bridgehead atoms. The summed E-state index contributed by atoms with van der Waals surface area (Å²) in [5, 5.41) is 53.8. The van der Waals surface area contributed by atoms with E-state index in [0.29, 0.717) is 56.4 Å². The zero-order chi connectivity index (χ0) is 33.7. The van der Waals surface area contributed by atoms with E-state index in [0.717, 1.165) is 0 Å². The van der Waals surface area contributed by atoms with E-state index in [1.54, 1.807) is 49.4 Å². The van der Waals surface area contributed by atoms with Gasteiger partial charge >= 0.3 is 0 Å². The van der Waals surface area contributed by atoms with Gasteiger partial charge in [0, 0.05) is 27.4 Å². The third-order valence-electron chi connectivity index (χ3n) is 6.61. The summed E-state index contributed by atoms with van der Waals surface area (Å²) in [5.41, 5.74) is 7.21. The number of aromatic hydroxyl groups is 1. The number of nitrogens with zero attached hydrogens (tertiary/aromatic N) is 4. The van der Waals surface area contributed by atoms with Crippen molar-refractivity contribution in [3.63, 3.8) is 0 Å². The number of nitrogens with two attached hydrogens (primary N) is 1. The zero-order valence-corrected chi connectivity index (χ0v) is 26.5. The Balaban J connectivity index is 1.53.